The predicted octanol–water partition coefficient (Wildman–Crippen LogP) is 2.49. The van der Waals surface area contributed by atoms with Gasteiger partial charge < -0.3 is 15.5 Å². The van der Waals surface area contributed by atoms with Gasteiger partial charge in [-0.25, -0.2) is 9.97 Å². The van der Waals surface area contributed by atoms with Crippen molar-refractivity contribution in [3.63, 3.8) is 0 Å². The zero-order chi connectivity index (χ0) is 16.4. The van der Waals surface area contributed by atoms with Crippen LogP contribution in [0.4, 0.5) is 17.3 Å². The minimum absolute atomic E-state index is 0.776. The highest BCUT2D eigenvalue weighted by Gasteiger charge is 2.11. The van der Waals surface area contributed by atoms with Gasteiger partial charge in [0, 0.05) is 49.8 Å². The van der Waals surface area contributed by atoms with Crippen LogP contribution in [0.3, 0.4) is 0 Å². The van der Waals surface area contributed by atoms with E-state index in [1.807, 2.05) is 37.4 Å². The number of hydrogen-bond donors (Lipinski definition) is 2. The Labute approximate surface area is 141 Å². The second-order valence-corrected chi connectivity index (χ2v) is 5.95. The molecule has 0 unspecified atom stereocenters. The first kappa shape index (κ1) is 14.8. The quantitative estimate of drug-likeness (QED) is 0.773. The Balaban J connectivity index is 1.57. The average Bonchev–Trinajstić information content (AvgIpc) is 2.63. The largest absolute Gasteiger partial charge is 0.369 e. The van der Waals surface area contributed by atoms with Gasteiger partial charge in [-0.3, -0.25) is 4.98 Å². The lowest BCUT2D eigenvalue weighted by Crippen LogP contribution is -2.43. The summed E-state index contributed by atoms with van der Waals surface area (Å²) in [5.41, 5.74) is 3.97. The molecule has 3 aromatic heterocycles. The molecule has 4 heterocycles. The normalized spacial score (nSPS) is 14.8. The Morgan fingerprint density at radius 2 is 1.75 bits per heavy atom. The van der Waals surface area contributed by atoms with Crippen LogP contribution in [0.1, 0.15) is 5.69 Å². The number of aryl methyl sites for hydroxylation is 1. The van der Waals surface area contributed by atoms with E-state index in [1.54, 1.807) is 0 Å². The number of pyridine rings is 3. The summed E-state index contributed by atoms with van der Waals surface area (Å²) in [4.78, 5) is 15.9. The molecule has 4 rings (SSSR count). The van der Waals surface area contributed by atoms with E-state index in [0.717, 1.165) is 54.5 Å². The van der Waals surface area contributed by atoms with Gasteiger partial charge in [0.15, 0.2) is 0 Å². The van der Waals surface area contributed by atoms with Gasteiger partial charge in [0.25, 0.3) is 0 Å². The standard InChI is InChI=1S/C18H20N6/c1-13-2-3-16-15(21-13)4-5-17(22-16)23-18-12-14(6-7-20-18)24-10-8-19-9-11-24/h2-7,12,19H,8-11H2,1H3,(H,20,22,23). The zero-order valence-corrected chi connectivity index (χ0v) is 13.7. The van der Waals surface area contributed by atoms with Crippen LogP contribution in [0, 0.1) is 6.92 Å². The summed E-state index contributed by atoms with van der Waals surface area (Å²) in [7, 11) is 0. The number of piperazine rings is 1. The summed E-state index contributed by atoms with van der Waals surface area (Å²) in [5, 5.41) is 6.67. The topological polar surface area (TPSA) is 66.0 Å². The van der Waals surface area contributed by atoms with Gasteiger partial charge in [-0.1, -0.05) is 0 Å². The molecule has 2 N–H and O–H groups in total. The molecule has 0 amide bonds. The molecule has 0 spiro atoms. The fraction of sp³-hybridized carbons (Fsp3) is 0.278. The monoisotopic (exact) mass is 320 g/mol. The van der Waals surface area contributed by atoms with E-state index < -0.39 is 0 Å². The molecular formula is C18H20N6. The van der Waals surface area contributed by atoms with Gasteiger partial charge in [-0.15, -0.1) is 0 Å². The first-order valence-electron chi connectivity index (χ1n) is 8.21. The summed E-state index contributed by atoms with van der Waals surface area (Å²) >= 11 is 0. The molecule has 122 valence electrons. The third-order valence-electron chi connectivity index (χ3n) is 4.16. The summed E-state index contributed by atoms with van der Waals surface area (Å²) in [6.45, 7) is 6.05. The van der Waals surface area contributed by atoms with Crippen molar-refractivity contribution in [2.45, 2.75) is 6.92 Å². The van der Waals surface area contributed by atoms with Gasteiger partial charge in [0.1, 0.15) is 11.6 Å². The van der Waals surface area contributed by atoms with E-state index in [0.29, 0.717) is 0 Å². The Kier molecular flexibility index (Phi) is 3.96. The first-order chi connectivity index (χ1) is 11.8. The lowest BCUT2D eigenvalue weighted by molar-refractivity contribution is 0.589. The van der Waals surface area contributed by atoms with Crippen molar-refractivity contribution in [3.8, 4) is 0 Å². The second-order valence-electron chi connectivity index (χ2n) is 5.95. The summed E-state index contributed by atoms with van der Waals surface area (Å²) < 4.78 is 0. The van der Waals surface area contributed by atoms with Crippen molar-refractivity contribution >= 4 is 28.4 Å². The molecule has 0 atom stereocenters. The van der Waals surface area contributed by atoms with Crippen molar-refractivity contribution in [1.82, 2.24) is 20.3 Å². The fourth-order valence-electron chi connectivity index (χ4n) is 2.92. The number of nitrogens with one attached hydrogen (secondary N) is 2. The summed E-state index contributed by atoms with van der Waals surface area (Å²) in [6, 6.07) is 12.0. The molecule has 1 fully saturated rings. The van der Waals surface area contributed by atoms with Crippen molar-refractivity contribution < 1.29 is 0 Å². The smallest absolute Gasteiger partial charge is 0.133 e. The maximum absolute atomic E-state index is 4.62. The van der Waals surface area contributed by atoms with Gasteiger partial charge in [0.05, 0.1) is 11.0 Å². The molecule has 0 aliphatic carbocycles. The molecule has 24 heavy (non-hydrogen) atoms. The van der Waals surface area contributed by atoms with E-state index in [-0.39, 0.29) is 0 Å². The Morgan fingerprint density at radius 3 is 2.62 bits per heavy atom. The van der Waals surface area contributed by atoms with Gasteiger partial charge in [-0.05, 0) is 37.3 Å². The van der Waals surface area contributed by atoms with Crippen LogP contribution >= 0.6 is 0 Å². The van der Waals surface area contributed by atoms with Gasteiger partial charge in [-0.2, -0.15) is 0 Å². The van der Waals surface area contributed by atoms with E-state index in [2.05, 4.69) is 42.6 Å². The van der Waals surface area contributed by atoms with Crippen LogP contribution in [0.2, 0.25) is 0 Å². The van der Waals surface area contributed by atoms with Crippen LogP contribution in [-0.4, -0.2) is 41.1 Å². The average molecular weight is 320 g/mol. The minimum Gasteiger partial charge on any atom is -0.369 e. The second kappa shape index (κ2) is 6.41. The number of nitrogens with zero attached hydrogens (tertiary/aromatic N) is 4. The molecular weight excluding hydrogens is 300 g/mol. The van der Waals surface area contributed by atoms with E-state index in [9.17, 15) is 0 Å². The zero-order valence-electron chi connectivity index (χ0n) is 13.7. The molecule has 1 aliphatic rings. The van der Waals surface area contributed by atoms with Crippen LogP contribution in [0.15, 0.2) is 42.6 Å². The SMILES string of the molecule is Cc1ccc2nc(Nc3cc(N4CCNCC4)ccn3)ccc2n1. The van der Waals surface area contributed by atoms with Crippen molar-refractivity contribution in [1.29, 1.82) is 0 Å². The lowest BCUT2D eigenvalue weighted by Gasteiger charge is -2.29. The molecule has 6 heteroatoms. The Hall–Kier alpha value is -2.73. The van der Waals surface area contributed by atoms with E-state index in [4.69, 9.17) is 0 Å². The van der Waals surface area contributed by atoms with Crippen LogP contribution in [0.5, 0.6) is 0 Å². The highest BCUT2D eigenvalue weighted by molar-refractivity contribution is 5.77. The number of aromatic nitrogens is 3. The Bertz CT molecular complexity index is 857. The van der Waals surface area contributed by atoms with Gasteiger partial charge >= 0.3 is 0 Å². The fourth-order valence-corrected chi connectivity index (χ4v) is 2.92. The van der Waals surface area contributed by atoms with E-state index in [1.165, 1.54) is 5.69 Å². The molecule has 0 radical (unpaired) electrons. The molecule has 1 saturated heterocycles. The molecule has 3 aromatic rings. The molecule has 0 bridgehead atoms. The molecule has 6 nitrogen and oxygen atoms in total. The number of anilines is 3. The van der Waals surface area contributed by atoms with Crippen molar-refractivity contribution in [3.05, 3.63) is 48.3 Å². The van der Waals surface area contributed by atoms with Crippen LogP contribution < -0.4 is 15.5 Å². The summed E-state index contributed by atoms with van der Waals surface area (Å²) in [5.74, 6) is 1.58. The highest BCUT2D eigenvalue weighted by Crippen LogP contribution is 2.21. The first-order valence-corrected chi connectivity index (χ1v) is 8.21. The van der Waals surface area contributed by atoms with Gasteiger partial charge in [0.2, 0.25) is 0 Å². The maximum Gasteiger partial charge on any atom is 0.133 e. The number of hydrogen-bond acceptors (Lipinski definition) is 6. The van der Waals surface area contributed by atoms with Crippen LogP contribution in [0.25, 0.3) is 11.0 Å². The third kappa shape index (κ3) is 3.14. The van der Waals surface area contributed by atoms with Crippen molar-refractivity contribution in [2.75, 3.05) is 36.4 Å². The van der Waals surface area contributed by atoms with E-state index >= 15 is 0 Å². The third-order valence-corrected chi connectivity index (χ3v) is 4.16. The maximum atomic E-state index is 4.62. The number of rotatable bonds is 3. The number of fused-ring (bicyclic) bond motifs is 1. The Morgan fingerprint density at radius 1 is 0.958 bits per heavy atom. The lowest BCUT2D eigenvalue weighted by atomic mass is 10.2. The van der Waals surface area contributed by atoms with Crippen LogP contribution in [-0.2, 0) is 0 Å². The molecule has 0 aromatic carbocycles. The van der Waals surface area contributed by atoms with Crippen molar-refractivity contribution in [2.24, 2.45) is 0 Å². The molecule has 0 saturated carbocycles. The molecule has 1 aliphatic heterocycles. The highest BCUT2D eigenvalue weighted by atomic mass is 15.2. The summed E-state index contributed by atoms with van der Waals surface area (Å²) in [6.07, 6.45) is 1.84. The predicted molar refractivity (Wildman–Crippen MR) is 96.9 cm³/mol. The minimum atomic E-state index is 0.776.